The van der Waals surface area contributed by atoms with Gasteiger partial charge in [-0.2, -0.15) is 10.3 Å². The molecular formula is C6H12N2O. The summed E-state index contributed by atoms with van der Waals surface area (Å²) in [5, 5.41) is 9.85. The molecule has 9 heavy (non-hydrogen) atoms. The monoisotopic (exact) mass is 128 g/mol. The van der Waals surface area contributed by atoms with Gasteiger partial charge in [-0.3, -0.25) is 0 Å². The molecule has 3 heteroatoms. The Labute approximate surface area is 55.8 Å². The molecule has 0 amide bonds. The van der Waals surface area contributed by atoms with Crippen molar-refractivity contribution in [2.75, 3.05) is 20.7 Å². The molecule has 0 radical (unpaired) electrons. The molecular weight excluding hydrogens is 116 g/mol. The van der Waals surface area contributed by atoms with Gasteiger partial charge in [-0.1, -0.05) is 0 Å². The molecule has 0 saturated heterocycles. The summed E-state index contributed by atoms with van der Waals surface area (Å²) in [6, 6.07) is 2.06. The molecule has 0 fully saturated rings. The lowest BCUT2D eigenvalue weighted by molar-refractivity contribution is -0.109. The molecule has 0 heterocycles. The first-order valence-electron chi connectivity index (χ1n) is 2.93. The predicted molar refractivity (Wildman–Crippen MR) is 34.5 cm³/mol. The van der Waals surface area contributed by atoms with Gasteiger partial charge in [0.2, 0.25) is 0 Å². The second-order valence-corrected chi connectivity index (χ2v) is 1.80. The van der Waals surface area contributed by atoms with Crippen molar-refractivity contribution in [2.45, 2.75) is 12.8 Å². The van der Waals surface area contributed by atoms with Crippen LogP contribution >= 0.6 is 0 Å². The molecule has 0 aromatic carbocycles. The highest BCUT2D eigenvalue weighted by atomic mass is 16.7. The third-order valence-electron chi connectivity index (χ3n) is 1.07. The fourth-order valence-corrected chi connectivity index (χ4v) is 0.472. The normalized spacial score (nSPS) is 9.56. The van der Waals surface area contributed by atoms with Gasteiger partial charge in [0.15, 0.2) is 0 Å². The van der Waals surface area contributed by atoms with Gasteiger partial charge < -0.3 is 4.84 Å². The lowest BCUT2D eigenvalue weighted by Gasteiger charge is -2.10. The molecule has 0 spiro atoms. The van der Waals surface area contributed by atoms with Crippen LogP contribution in [-0.2, 0) is 4.84 Å². The Morgan fingerprint density at radius 2 is 2.33 bits per heavy atom. The molecule has 0 N–H and O–H groups in total. The van der Waals surface area contributed by atoms with Crippen LogP contribution in [0.5, 0.6) is 0 Å². The van der Waals surface area contributed by atoms with Crippen LogP contribution in [0.15, 0.2) is 0 Å². The summed E-state index contributed by atoms with van der Waals surface area (Å²) >= 11 is 0. The SMILES string of the molecule is CON(C)CCCC#N. The number of hydroxylamine groups is 2. The average Bonchev–Trinajstić information content (AvgIpc) is 1.89. The quantitative estimate of drug-likeness (QED) is 0.414. The molecule has 52 valence electrons. The maximum Gasteiger partial charge on any atom is 0.0622 e. The second-order valence-electron chi connectivity index (χ2n) is 1.80. The molecule has 0 unspecified atom stereocenters. The van der Waals surface area contributed by atoms with E-state index >= 15 is 0 Å². The average molecular weight is 128 g/mol. The van der Waals surface area contributed by atoms with E-state index in [4.69, 9.17) is 10.1 Å². The second kappa shape index (κ2) is 5.54. The molecule has 0 aromatic heterocycles. The van der Waals surface area contributed by atoms with Crippen LogP contribution in [0.2, 0.25) is 0 Å². The van der Waals surface area contributed by atoms with E-state index in [-0.39, 0.29) is 0 Å². The van der Waals surface area contributed by atoms with Gasteiger partial charge in [0.05, 0.1) is 13.2 Å². The van der Waals surface area contributed by atoms with Crippen LogP contribution < -0.4 is 0 Å². The highest BCUT2D eigenvalue weighted by Gasteiger charge is 1.92. The Balaban J connectivity index is 2.99. The summed E-state index contributed by atoms with van der Waals surface area (Å²) in [5.74, 6) is 0. The highest BCUT2D eigenvalue weighted by Crippen LogP contribution is 1.89. The number of nitriles is 1. The molecule has 0 saturated carbocycles. The Hall–Kier alpha value is -0.590. The zero-order valence-corrected chi connectivity index (χ0v) is 5.92. The molecule has 0 aromatic rings. The van der Waals surface area contributed by atoms with Crippen LogP contribution in [0.25, 0.3) is 0 Å². The van der Waals surface area contributed by atoms with E-state index in [1.54, 1.807) is 12.2 Å². The number of rotatable bonds is 4. The van der Waals surface area contributed by atoms with Crippen molar-refractivity contribution in [2.24, 2.45) is 0 Å². The fraction of sp³-hybridized carbons (Fsp3) is 0.833. The van der Waals surface area contributed by atoms with Crippen molar-refractivity contribution in [1.29, 1.82) is 5.26 Å². The van der Waals surface area contributed by atoms with Gasteiger partial charge >= 0.3 is 0 Å². The van der Waals surface area contributed by atoms with Crippen molar-refractivity contribution in [1.82, 2.24) is 5.06 Å². The van der Waals surface area contributed by atoms with Crippen molar-refractivity contribution in [3.8, 4) is 6.07 Å². The standard InChI is InChI=1S/C6H12N2O/c1-8(9-2)6-4-3-5-7/h3-4,6H2,1-2H3. The van der Waals surface area contributed by atoms with Crippen molar-refractivity contribution >= 4 is 0 Å². The van der Waals surface area contributed by atoms with E-state index in [0.29, 0.717) is 6.42 Å². The zero-order valence-electron chi connectivity index (χ0n) is 5.92. The molecule has 0 atom stereocenters. The first kappa shape index (κ1) is 8.41. The molecule has 0 rings (SSSR count). The summed E-state index contributed by atoms with van der Waals surface area (Å²) in [6.45, 7) is 0.823. The highest BCUT2D eigenvalue weighted by molar-refractivity contribution is 4.68. The van der Waals surface area contributed by atoms with E-state index < -0.39 is 0 Å². The minimum atomic E-state index is 0.605. The van der Waals surface area contributed by atoms with E-state index in [0.717, 1.165) is 13.0 Å². The zero-order chi connectivity index (χ0) is 7.11. The maximum absolute atomic E-state index is 8.14. The Kier molecular flexibility index (Phi) is 5.18. The van der Waals surface area contributed by atoms with Crippen LogP contribution in [0.3, 0.4) is 0 Å². The minimum Gasteiger partial charge on any atom is -0.303 e. The maximum atomic E-state index is 8.14. The van der Waals surface area contributed by atoms with E-state index in [1.807, 2.05) is 7.05 Å². The predicted octanol–water partition coefficient (Wildman–Crippen LogP) is 0.783. The van der Waals surface area contributed by atoms with Gasteiger partial charge in [-0.15, -0.1) is 0 Å². The Bertz CT molecular complexity index is 97.7. The number of hydrogen-bond donors (Lipinski definition) is 0. The summed E-state index contributed by atoms with van der Waals surface area (Å²) in [4.78, 5) is 4.82. The summed E-state index contributed by atoms with van der Waals surface area (Å²) < 4.78 is 0. The van der Waals surface area contributed by atoms with E-state index in [2.05, 4.69) is 6.07 Å². The number of nitrogens with zero attached hydrogens (tertiary/aromatic N) is 2. The molecule has 0 aliphatic heterocycles. The Morgan fingerprint density at radius 3 is 2.78 bits per heavy atom. The first-order chi connectivity index (χ1) is 4.31. The van der Waals surface area contributed by atoms with Gasteiger partial charge in [0.25, 0.3) is 0 Å². The summed E-state index contributed by atoms with van der Waals surface area (Å²) in [7, 11) is 3.46. The van der Waals surface area contributed by atoms with Crippen molar-refractivity contribution in [3.63, 3.8) is 0 Å². The fourth-order valence-electron chi connectivity index (χ4n) is 0.472. The van der Waals surface area contributed by atoms with Gasteiger partial charge in [0, 0.05) is 20.0 Å². The van der Waals surface area contributed by atoms with Crippen LogP contribution in [0, 0.1) is 11.3 Å². The number of hydrogen-bond acceptors (Lipinski definition) is 3. The molecule has 0 bridgehead atoms. The topological polar surface area (TPSA) is 36.3 Å². The third kappa shape index (κ3) is 5.28. The van der Waals surface area contributed by atoms with Crippen molar-refractivity contribution in [3.05, 3.63) is 0 Å². The summed E-state index contributed by atoms with van der Waals surface area (Å²) in [6.07, 6.45) is 1.48. The lowest BCUT2D eigenvalue weighted by atomic mass is 10.3. The first-order valence-corrected chi connectivity index (χ1v) is 2.93. The van der Waals surface area contributed by atoms with Crippen LogP contribution in [0.1, 0.15) is 12.8 Å². The van der Waals surface area contributed by atoms with Gasteiger partial charge in [-0.05, 0) is 6.42 Å². The Morgan fingerprint density at radius 1 is 1.67 bits per heavy atom. The minimum absolute atomic E-state index is 0.605. The van der Waals surface area contributed by atoms with E-state index in [1.165, 1.54) is 0 Å². The molecule has 0 aliphatic carbocycles. The van der Waals surface area contributed by atoms with E-state index in [9.17, 15) is 0 Å². The van der Waals surface area contributed by atoms with Crippen LogP contribution in [-0.4, -0.2) is 25.8 Å². The summed E-state index contributed by atoms with van der Waals surface area (Å²) in [5.41, 5.74) is 0. The van der Waals surface area contributed by atoms with Gasteiger partial charge in [0.1, 0.15) is 0 Å². The van der Waals surface area contributed by atoms with Gasteiger partial charge in [-0.25, -0.2) is 0 Å². The molecule has 0 aliphatic rings. The third-order valence-corrected chi connectivity index (χ3v) is 1.07. The molecule has 3 nitrogen and oxygen atoms in total. The lowest BCUT2D eigenvalue weighted by Crippen LogP contribution is -2.17. The largest absolute Gasteiger partial charge is 0.303 e. The van der Waals surface area contributed by atoms with Crippen LogP contribution in [0.4, 0.5) is 0 Å². The smallest absolute Gasteiger partial charge is 0.0622 e. The number of unbranched alkanes of at least 4 members (excludes halogenated alkanes) is 1. The van der Waals surface area contributed by atoms with Crippen molar-refractivity contribution < 1.29 is 4.84 Å².